The standard InChI is InChI=1S/C24H28N4O2/c1-4-27-12-14-28(15-13-27)20-10-11-21(17(2)16-20)25-23(29)22-18(3)30-24(26-22)19-8-6-5-7-9-19/h5-11,16H,4,12-15H2,1-3H3,(H,25,29). The summed E-state index contributed by atoms with van der Waals surface area (Å²) >= 11 is 0. The number of piperazine rings is 1. The van der Waals surface area contributed by atoms with Crippen molar-refractivity contribution in [3.05, 3.63) is 65.5 Å². The number of hydrogen-bond donors (Lipinski definition) is 1. The first-order valence-electron chi connectivity index (χ1n) is 10.5. The van der Waals surface area contributed by atoms with Gasteiger partial charge in [-0.3, -0.25) is 4.79 Å². The molecule has 1 N–H and O–H groups in total. The Morgan fingerprint density at radius 3 is 2.47 bits per heavy atom. The molecule has 4 rings (SSSR count). The number of benzene rings is 2. The van der Waals surface area contributed by atoms with Gasteiger partial charge in [-0.2, -0.15) is 0 Å². The summed E-state index contributed by atoms with van der Waals surface area (Å²) in [6.07, 6.45) is 0. The van der Waals surface area contributed by atoms with Gasteiger partial charge < -0.3 is 19.5 Å². The summed E-state index contributed by atoms with van der Waals surface area (Å²) in [5.41, 5.74) is 4.18. The van der Waals surface area contributed by atoms with Crippen LogP contribution < -0.4 is 10.2 Å². The second-order valence-corrected chi connectivity index (χ2v) is 7.66. The van der Waals surface area contributed by atoms with Crippen LogP contribution in [0.25, 0.3) is 11.5 Å². The average Bonchev–Trinajstić information content (AvgIpc) is 3.17. The average molecular weight is 405 g/mol. The molecule has 0 unspecified atom stereocenters. The Hall–Kier alpha value is -3.12. The molecule has 0 radical (unpaired) electrons. The summed E-state index contributed by atoms with van der Waals surface area (Å²) in [5, 5.41) is 2.99. The maximum Gasteiger partial charge on any atom is 0.277 e. The van der Waals surface area contributed by atoms with Crippen LogP contribution in [0, 0.1) is 13.8 Å². The van der Waals surface area contributed by atoms with E-state index in [1.54, 1.807) is 6.92 Å². The predicted octanol–water partition coefficient (Wildman–Crippen LogP) is 4.35. The lowest BCUT2D eigenvalue weighted by atomic mass is 10.1. The molecule has 1 fully saturated rings. The minimum Gasteiger partial charge on any atom is -0.441 e. The molecule has 156 valence electrons. The molecule has 0 atom stereocenters. The zero-order valence-corrected chi connectivity index (χ0v) is 17.8. The van der Waals surface area contributed by atoms with Gasteiger partial charge in [0.05, 0.1) is 0 Å². The molecule has 0 bridgehead atoms. The second kappa shape index (κ2) is 8.71. The van der Waals surface area contributed by atoms with E-state index in [9.17, 15) is 4.79 Å². The van der Waals surface area contributed by atoms with E-state index in [1.807, 2.05) is 43.3 Å². The largest absolute Gasteiger partial charge is 0.441 e. The first kappa shape index (κ1) is 20.2. The molecule has 0 saturated carbocycles. The van der Waals surface area contributed by atoms with Crippen LogP contribution in [0.4, 0.5) is 11.4 Å². The number of nitrogens with one attached hydrogen (secondary N) is 1. The van der Waals surface area contributed by atoms with E-state index in [0.29, 0.717) is 17.3 Å². The third kappa shape index (κ3) is 4.24. The molecular formula is C24H28N4O2. The first-order valence-corrected chi connectivity index (χ1v) is 10.5. The number of hydrogen-bond acceptors (Lipinski definition) is 5. The summed E-state index contributed by atoms with van der Waals surface area (Å²) in [6.45, 7) is 11.3. The molecule has 0 spiro atoms. The lowest BCUT2D eigenvalue weighted by Crippen LogP contribution is -2.46. The monoisotopic (exact) mass is 404 g/mol. The van der Waals surface area contributed by atoms with Gasteiger partial charge in [-0.05, 0) is 56.3 Å². The highest BCUT2D eigenvalue weighted by Crippen LogP contribution is 2.26. The highest BCUT2D eigenvalue weighted by Gasteiger charge is 2.20. The second-order valence-electron chi connectivity index (χ2n) is 7.66. The Morgan fingerprint density at radius 2 is 1.80 bits per heavy atom. The van der Waals surface area contributed by atoms with Crippen molar-refractivity contribution in [1.82, 2.24) is 9.88 Å². The fourth-order valence-corrected chi connectivity index (χ4v) is 3.80. The maximum absolute atomic E-state index is 12.8. The highest BCUT2D eigenvalue weighted by molar-refractivity contribution is 6.04. The van der Waals surface area contributed by atoms with Crippen molar-refractivity contribution in [3.8, 4) is 11.5 Å². The van der Waals surface area contributed by atoms with Crippen molar-refractivity contribution in [1.29, 1.82) is 0 Å². The molecule has 1 saturated heterocycles. The van der Waals surface area contributed by atoms with Gasteiger partial charge in [0.25, 0.3) is 5.91 Å². The number of anilines is 2. The van der Waals surface area contributed by atoms with Crippen molar-refractivity contribution in [3.63, 3.8) is 0 Å². The molecule has 1 aliphatic heterocycles. The molecule has 2 aromatic carbocycles. The summed E-state index contributed by atoms with van der Waals surface area (Å²) in [6, 6.07) is 15.8. The van der Waals surface area contributed by atoms with Crippen LogP contribution in [0.3, 0.4) is 0 Å². The third-order valence-corrected chi connectivity index (χ3v) is 5.68. The smallest absolute Gasteiger partial charge is 0.277 e. The summed E-state index contributed by atoms with van der Waals surface area (Å²) in [7, 11) is 0. The van der Waals surface area contributed by atoms with Gasteiger partial charge in [0.2, 0.25) is 5.89 Å². The minimum absolute atomic E-state index is 0.258. The van der Waals surface area contributed by atoms with E-state index in [0.717, 1.165) is 49.5 Å². The molecule has 1 aliphatic rings. The van der Waals surface area contributed by atoms with E-state index in [4.69, 9.17) is 4.42 Å². The van der Waals surface area contributed by atoms with Crippen LogP contribution in [0.2, 0.25) is 0 Å². The molecular weight excluding hydrogens is 376 g/mol. The van der Waals surface area contributed by atoms with Gasteiger partial charge in [-0.1, -0.05) is 25.1 Å². The minimum atomic E-state index is -0.258. The quantitative estimate of drug-likeness (QED) is 0.685. The van der Waals surface area contributed by atoms with E-state index >= 15 is 0 Å². The number of rotatable bonds is 5. The molecule has 3 aromatic rings. The van der Waals surface area contributed by atoms with Crippen molar-refractivity contribution in [2.75, 3.05) is 42.9 Å². The summed E-state index contributed by atoms with van der Waals surface area (Å²) < 4.78 is 5.72. The van der Waals surface area contributed by atoms with Gasteiger partial charge in [-0.15, -0.1) is 0 Å². The normalized spacial score (nSPS) is 14.7. The molecule has 0 aliphatic carbocycles. The van der Waals surface area contributed by atoms with Crippen molar-refractivity contribution in [2.24, 2.45) is 0 Å². The molecule has 2 heterocycles. The lowest BCUT2D eigenvalue weighted by Gasteiger charge is -2.35. The Kier molecular flexibility index (Phi) is 5.86. The predicted molar refractivity (Wildman–Crippen MR) is 120 cm³/mol. The third-order valence-electron chi connectivity index (χ3n) is 5.68. The van der Waals surface area contributed by atoms with Gasteiger partial charge in [0.15, 0.2) is 5.69 Å². The fourth-order valence-electron chi connectivity index (χ4n) is 3.80. The Morgan fingerprint density at radius 1 is 1.07 bits per heavy atom. The van der Waals surface area contributed by atoms with Gasteiger partial charge in [-0.25, -0.2) is 4.98 Å². The Labute approximate surface area is 177 Å². The molecule has 6 heteroatoms. The van der Waals surface area contributed by atoms with E-state index in [-0.39, 0.29) is 5.91 Å². The summed E-state index contributed by atoms with van der Waals surface area (Å²) in [5.74, 6) is 0.705. The van der Waals surface area contributed by atoms with Gasteiger partial charge in [0, 0.05) is 43.1 Å². The van der Waals surface area contributed by atoms with Gasteiger partial charge in [0.1, 0.15) is 5.76 Å². The van der Waals surface area contributed by atoms with Crippen LogP contribution in [0.1, 0.15) is 28.7 Å². The number of carbonyl (C=O) groups is 1. The molecule has 1 aromatic heterocycles. The van der Waals surface area contributed by atoms with E-state index in [2.05, 4.69) is 39.2 Å². The first-order chi connectivity index (χ1) is 14.5. The van der Waals surface area contributed by atoms with Crippen LogP contribution in [0.15, 0.2) is 52.9 Å². The van der Waals surface area contributed by atoms with E-state index in [1.165, 1.54) is 5.69 Å². The summed E-state index contributed by atoms with van der Waals surface area (Å²) in [4.78, 5) is 22.1. The number of aromatic nitrogens is 1. The van der Waals surface area contributed by atoms with Crippen LogP contribution >= 0.6 is 0 Å². The lowest BCUT2D eigenvalue weighted by molar-refractivity contribution is 0.102. The zero-order chi connectivity index (χ0) is 21.1. The number of aryl methyl sites for hydroxylation is 2. The topological polar surface area (TPSA) is 61.6 Å². The number of likely N-dealkylation sites (N-methyl/N-ethyl adjacent to an activating group) is 1. The SMILES string of the molecule is CCN1CCN(c2ccc(NC(=O)c3nc(-c4ccccc4)oc3C)c(C)c2)CC1. The van der Waals surface area contributed by atoms with Crippen LogP contribution in [-0.2, 0) is 0 Å². The molecule has 30 heavy (non-hydrogen) atoms. The highest BCUT2D eigenvalue weighted by atomic mass is 16.4. The Balaban J connectivity index is 1.47. The van der Waals surface area contributed by atoms with Crippen molar-refractivity contribution < 1.29 is 9.21 Å². The number of nitrogens with zero attached hydrogens (tertiary/aromatic N) is 3. The van der Waals surface area contributed by atoms with Gasteiger partial charge >= 0.3 is 0 Å². The molecule has 1 amide bonds. The van der Waals surface area contributed by atoms with Crippen molar-refractivity contribution in [2.45, 2.75) is 20.8 Å². The number of carbonyl (C=O) groups excluding carboxylic acids is 1. The van der Waals surface area contributed by atoms with Crippen LogP contribution in [0.5, 0.6) is 0 Å². The molecule has 6 nitrogen and oxygen atoms in total. The van der Waals surface area contributed by atoms with Crippen LogP contribution in [-0.4, -0.2) is 48.5 Å². The zero-order valence-electron chi connectivity index (χ0n) is 17.8. The fraction of sp³-hybridized carbons (Fsp3) is 0.333. The Bertz CT molecular complexity index is 1020. The van der Waals surface area contributed by atoms with Crippen molar-refractivity contribution >= 4 is 17.3 Å². The maximum atomic E-state index is 12.8. The van der Waals surface area contributed by atoms with E-state index < -0.39 is 0 Å². The number of amides is 1. The number of oxazole rings is 1.